The van der Waals surface area contributed by atoms with Gasteiger partial charge < -0.3 is 9.84 Å². The summed E-state index contributed by atoms with van der Waals surface area (Å²) >= 11 is 5.98. The zero-order chi connectivity index (χ0) is 19.8. The number of ether oxygens (including phenoxy) is 1. The molecule has 4 nitrogen and oxygen atoms in total. The highest BCUT2D eigenvalue weighted by Gasteiger charge is 2.51. The van der Waals surface area contributed by atoms with Crippen molar-refractivity contribution >= 4 is 11.6 Å². The van der Waals surface area contributed by atoms with Crippen molar-refractivity contribution in [2.45, 2.75) is 56.8 Å². The van der Waals surface area contributed by atoms with E-state index in [9.17, 15) is 5.11 Å². The van der Waals surface area contributed by atoms with E-state index in [0.717, 1.165) is 62.0 Å². The molecule has 1 heterocycles. The van der Waals surface area contributed by atoms with Gasteiger partial charge in [-0.15, -0.1) is 0 Å². The first-order valence-corrected chi connectivity index (χ1v) is 11.9. The number of rotatable bonds is 7. The van der Waals surface area contributed by atoms with Crippen LogP contribution in [-0.2, 0) is 11.3 Å². The molecule has 0 aromatic heterocycles. The Balaban J connectivity index is 1.04. The normalized spacial score (nSPS) is 35.9. The molecular formula is C24H35ClN2O2. The quantitative estimate of drug-likeness (QED) is 0.730. The highest BCUT2D eigenvalue weighted by atomic mass is 35.5. The summed E-state index contributed by atoms with van der Waals surface area (Å²) in [7, 11) is 0. The van der Waals surface area contributed by atoms with Crippen LogP contribution >= 0.6 is 11.6 Å². The van der Waals surface area contributed by atoms with E-state index in [2.05, 4.69) is 21.9 Å². The molecule has 160 valence electrons. The molecule has 1 saturated heterocycles. The molecule has 29 heavy (non-hydrogen) atoms. The molecule has 1 N–H and O–H groups in total. The molecule has 5 fully saturated rings. The minimum absolute atomic E-state index is 0.104. The average Bonchev–Trinajstić information content (AvgIpc) is 2.69. The SMILES string of the molecule is O[C@H](COC12CC3CC(CC(C3)C1)C2)CN1CCN(Cc2ccc(Cl)cc2)CC1. The molecule has 5 heteroatoms. The lowest BCUT2D eigenvalue weighted by atomic mass is 9.54. The van der Waals surface area contributed by atoms with Crippen LogP contribution in [0.1, 0.15) is 44.1 Å². The van der Waals surface area contributed by atoms with Crippen LogP contribution in [0, 0.1) is 17.8 Å². The molecule has 1 aliphatic heterocycles. The Morgan fingerprint density at radius 1 is 0.931 bits per heavy atom. The first-order valence-electron chi connectivity index (χ1n) is 11.6. The fourth-order valence-electron chi connectivity index (χ4n) is 6.81. The summed E-state index contributed by atoms with van der Waals surface area (Å²) in [5.41, 5.74) is 1.42. The summed E-state index contributed by atoms with van der Waals surface area (Å²) in [6, 6.07) is 8.15. The van der Waals surface area contributed by atoms with Gasteiger partial charge in [-0.25, -0.2) is 0 Å². The number of aliphatic hydroxyl groups excluding tert-OH is 1. The van der Waals surface area contributed by atoms with Gasteiger partial charge in [-0.2, -0.15) is 0 Å². The molecular weight excluding hydrogens is 384 g/mol. The van der Waals surface area contributed by atoms with Gasteiger partial charge in [0, 0.05) is 44.3 Å². The Hall–Kier alpha value is -0.650. The third-order valence-corrected chi connectivity index (χ3v) is 8.07. The molecule has 1 aromatic carbocycles. The molecule has 0 radical (unpaired) electrons. The minimum Gasteiger partial charge on any atom is -0.389 e. The van der Waals surface area contributed by atoms with E-state index in [-0.39, 0.29) is 11.7 Å². The molecule has 5 aliphatic rings. The fraction of sp³-hybridized carbons (Fsp3) is 0.750. The second-order valence-electron chi connectivity index (χ2n) is 10.3. The maximum absolute atomic E-state index is 10.6. The van der Waals surface area contributed by atoms with Crippen molar-refractivity contribution in [2.24, 2.45) is 17.8 Å². The Morgan fingerprint density at radius 3 is 2.07 bits per heavy atom. The van der Waals surface area contributed by atoms with Crippen LogP contribution in [0.5, 0.6) is 0 Å². The van der Waals surface area contributed by atoms with Crippen LogP contribution in [-0.4, -0.2) is 65.9 Å². The number of β-amino-alcohol motifs (C(OH)–C–C–N with tert-alkyl or cyclic N) is 1. The van der Waals surface area contributed by atoms with Crippen molar-refractivity contribution in [2.75, 3.05) is 39.3 Å². The van der Waals surface area contributed by atoms with Crippen molar-refractivity contribution < 1.29 is 9.84 Å². The maximum Gasteiger partial charge on any atom is 0.0900 e. The summed E-state index contributed by atoms with van der Waals surface area (Å²) in [4.78, 5) is 4.88. The summed E-state index contributed by atoms with van der Waals surface area (Å²) < 4.78 is 6.46. The molecule has 4 aliphatic carbocycles. The molecule has 1 aromatic rings. The van der Waals surface area contributed by atoms with Crippen molar-refractivity contribution in [3.63, 3.8) is 0 Å². The number of aliphatic hydroxyl groups is 1. The van der Waals surface area contributed by atoms with Gasteiger partial charge in [-0.3, -0.25) is 9.80 Å². The van der Waals surface area contributed by atoms with Crippen LogP contribution in [0.25, 0.3) is 0 Å². The van der Waals surface area contributed by atoms with Crippen LogP contribution in [0.2, 0.25) is 5.02 Å². The van der Waals surface area contributed by atoms with Gasteiger partial charge in [0.1, 0.15) is 0 Å². The molecule has 0 spiro atoms. The van der Waals surface area contributed by atoms with E-state index in [4.69, 9.17) is 16.3 Å². The standard InChI is InChI=1S/C24H35ClN2O2/c25-22-3-1-18(2-4-22)15-26-5-7-27(8-6-26)16-23(28)17-29-24-12-19-9-20(13-24)11-21(10-19)14-24/h1-4,19-21,23,28H,5-17H2/t19?,20?,21?,23-,24?/m0/s1. The van der Waals surface area contributed by atoms with Gasteiger partial charge in [0.2, 0.25) is 0 Å². The van der Waals surface area contributed by atoms with Crippen LogP contribution in [0.3, 0.4) is 0 Å². The Morgan fingerprint density at radius 2 is 1.48 bits per heavy atom. The zero-order valence-corrected chi connectivity index (χ0v) is 18.2. The number of halogens is 1. The number of benzene rings is 1. The summed E-state index contributed by atoms with van der Waals surface area (Å²) in [6.07, 6.45) is 7.67. The molecule has 4 saturated carbocycles. The van der Waals surface area contributed by atoms with Crippen LogP contribution in [0.4, 0.5) is 0 Å². The smallest absolute Gasteiger partial charge is 0.0900 e. The molecule has 6 rings (SSSR count). The van der Waals surface area contributed by atoms with Crippen molar-refractivity contribution in [1.29, 1.82) is 0 Å². The first kappa shape index (κ1) is 20.3. The van der Waals surface area contributed by atoms with E-state index in [0.29, 0.717) is 6.61 Å². The van der Waals surface area contributed by atoms with E-state index in [1.165, 1.54) is 44.1 Å². The minimum atomic E-state index is -0.370. The molecule has 1 atom stereocenters. The van der Waals surface area contributed by atoms with Gasteiger partial charge in [-0.05, 0) is 74.0 Å². The largest absolute Gasteiger partial charge is 0.389 e. The number of nitrogens with zero attached hydrogens (tertiary/aromatic N) is 2. The van der Waals surface area contributed by atoms with Gasteiger partial charge in [-0.1, -0.05) is 23.7 Å². The molecule has 4 bridgehead atoms. The lowest BCUT2D eigenvalue weighted by Gasteiger charge is -2.56. The Bertz CT molecular complexity index is 651. The number of piperazine rings is 1. The van der Waals surface area contributed by atoms with Crippen LogP contribution in [0.15, 0.2) is 24.3 Å². The van der Waals surface area contributed by atoms with Crippen molar-refractivity contribution in [3.8, 4) is 0 Å². The third-order valence-electron chi connectivity index (χ3n) is 7.82. The van der Waals surface area contributed by atoms with Crippen molar-refractivity contribution in [1.82, 2.24) is 9.80 Å². The number of hydrogen-bond acceptors (Lipinski definition) is 4. The Labute approximate surface area is 180 Å². The Kier molecular flexibility index (Phi) is 5.92. The van der Waals surface area contributed by atoms with Crippen LogP contribution < -0.4 is 0 Å². The summed E-state index contributed by atoms with van der Waals surface area (Å²) in [6.45, 7) is 6.35. The zero-order valence-electron chi connectivity index (χ0n) is 17.4. The third kappa shape index (κ3) is 4.83. The summed E-state index contributed by atoms with van der Waals surface area (Å²) in [5, 5.41) is 11.4. The van der Waals surface area contributed by atoms with E-state index >= 15 is 0 Å². The van der Waals surface area contributed by atoms with E-state index < -0.39 is 0 Å². The van der Waals surface area contributed by atoms with Gasteiger partial charge in [0.15, 0.2) is 0 Å². The van der Waals surface area contributed by atoms with Crippen molar-refractivity contribution in [3.05, 3.63) is 34.9 Å². The first-order chi connectivity index (χ1) is 14.1. The van der Waals surface area contributed by atoms with Gasteiger partial charge in [0.25, 0.3) is 0 Å². The van der Waals surface area contributed by atoms with Gasteiger partial charge in [0.05, 0.1) is 18.3 Å². The predicted molar refractivity (Wildman–Crippen MR) is 116 cm³/mol. The average molecular weight is 419 g/mol. The molecule has 0 amide bonds. The number of hydrogen-bond donors (Lipinski definition) is 1. The van der Waals surface area contributed by atoms with E-state index in [1.54, 1.807) is 0 Å². The van der Waals surface area contributed by atoms with Gasteiger partial charge >= 0.3 is 0 Å². The monoisotopic (exact) mass is 418 g/mol. The molecule has 0 unspecified atom stereocenters. The predicted octanol–water partition coefficient (Wildman–Crippen LogP) is 3.80. The topological polar surface area (TPSA) is 35.9 Å². The maximum atomic E-state index is 10.6. The lowest BCUT2D eigenvalue weighted by molar-refractivity contribution is -0.176. The highest BCUT2D eigenvalue weighted by Crippen LogP contribution is 2.57. The second-order valence-corrected chi connectivity index (χ2v) is 10.7. The van der Waals surface area contributed by atoms with E-state index in [1.807, 2.05) is 12.1 Å². The summed E-state index contributed by atoms with van der Waals surface area (Å²) in [5.74, 6) is 2.69. The lowest BCUT2D eigenvalue weighted by Crippen LogP contribution is -2.53. The second kappa shape index (κ2) is 8.47. The highest BCUT2D eigenvalue weighted by molar-refractivity contribution is 6.30. The fourth-order valence-corrected chi connectivity index (χ4v) is 6.94.